The molecule has 0 aliphatic rings. The molecule has 1 rings (SSSR count). The highest BCUT2D eigenvalue weighted by atomic mass is 32.2. The van der Waals surface area contributed by atoms with Crippen molar-refractivity contribution in [2.24, 2.45) is 0 Å². The second-order valence-electron chi connectivity index (χ2n) is 2.90. The summed E-state index contributed by atoms with van der Waals surface area (Å²) in [5.74, 6) is -5.92. The second-order valence-corrected chi connectivity index (χ2v) is 4.86. The molecule has 9 heteroatoms. The molecule has 0 saturated heterocycles. The molecule has 94 valence electrons. The average Bonchev–Trinajstić information content (AvgIpc) is 2.21. The average molecular weight is 272 g/mol. The van der Waals surface area contributed by atoms with Crippen LogP contribution in [0.25, 0.3) is 0 Å². The summed E-state index contributed by atoms with van der Waals surface area (Å²) in [5, 5.41) is 2.82. The maximum atomic E-state index is 13.0. The van der Waals surface area contributed by atoms with Crippen molar-refractivity contribution in [3.8, 4) is 0 Å². The van der Waals surface area contributed by atoms with E-state index in [2.05, 4.69) is 0 Å². The molecule has 0 bridgehead atoms. The van der Waals surface area contributed by atoms with E-state index in [-0.39, 0.29) is 6.07 Å². The van der Waals surface area contributed by atoms with E-state index in [4.69, 9.17) is 5.11 Å². The van der Waals surface area contributed by atoms with Gasteiger partial charge in [-0.25, -0.2) is 22.0 Å². The fourth-order valence-electron chi connectivity index (χ4n) is 0.936. The summed E-state index contributed by atoms with van der Waals surface area (Å²) in [5.41, 5.74) is 0. The monoisotopic (exact) mass is 272 g/mol. The van der Waals surface area contributed by atoms with Gasteiger partial charge < -0.3 is 5.11 Å². The van der Waals surface area contributed by atoms with Crippen LogP contribution in [-0.4, -0.2) is 24.7 Å². The third-order valence-corrected chi connectivity index (χ3v) is 3.51. The van der Waals surface area contributed by atoms with Gasteiger partial charge in [0.1, 0.15) is 16.5 Å². The van der Waals surface area contributed by atoms with Gasteiger partial charge in [0.15, 0.2) is 0 Å². The summed E-state index contributed by atoms with van der Waals surface area (Å²) in [6, 6.07) is 0.801. The van der Waals surface area contributed by atoms with E-state index in [0.29, 0.717) is 12.1 Å². The highest BCUT2D eigenvalue weighted by molar-refractivity contribution is 7.93. The smallest absolute Gasteiger partial charge is 0.444 e. The van der Waals surface area contributed by atoms with Crippen molar-refractivity contribution in [2.45, 2.75) is 10.2 Å². The quantitative estimate of drug-likeness (QED) is 0.844. The molecule has 1 aromatic carbocycles. The van der Waals surface area contributed by atoms with Crippen LogP contribution in [0.1, 0.15) is 0 Å². The van der Waals surface area contributed by atoms with Gasteiger partial charge in [0, 0.05) is 0 Å². The zero-order valence-corrected chi connectivity index (χ0v) is 8.64. The predicted octanol–water partition coefficient (Wildman–Crippen LogP) is 1.42. The molecule has 17 heavy (non-hydrogen) atoms. The van der Waals surface area contributed by atoms with Crippen LogP contribution in [0.2, 0.25) is 0 Å². The number of carboxylic acids is 1. The third-order valence-electron chi connectivity index (χ3n) is 1.77. The van der Waals surface area contributed by atoms with Gasteiger partial charge in [-0.15, -0.1) is 0 Å². The number of rotatable bonds is 3. The van der Waals surface area contributed by atoms with Crippen LogP contribution in [0.3, 0.4) is 0 Å². The number of carboxylic acid groups (broad SMARTS) is 1. The van der Waals surface area contributed by atoms with E-state index in [0.717, 1.165) is 0 Å². The van der Waals surface area contributed by atoms with Crippen LogP contribution in [-0.2, 0) is 14.6 Å². The van der Waals surface area contributed by atoms with Crippen molar-refractivity contribution in [3.63, 3.8) is 0 Å². The first kappa shape index (κ1) is 13.4. The number of aliphatic carboxylic acids is 1. The molecule has 0 aliphatic carbocycles. The highest BCUT2D eigenvalue weighted by Gasteiger charge is 2.55. The van der Waals surface area contributed by atoms with Crippen LogP contribution in [0.4, 0.5) is 17.6 Å². The lowest BCUT2D eigenvalue weighted by Crippen LogP contribution is -2.38. The first-order chi connectivity index (χ1) is 7.60. The molecule has 0 spiro atoms. The lowest BCUT2D eigenvalue weighted by atomic mass is 10.3. The number of halogens is 4. The second kappa shape index (κ2) is 3.99. The number of hydrogen-bond acceptors (Lipinski definition) is 3. The molecule has 0 heterocycles. The minimum absolute atomic E-state index is 0.0124. The molecule has 0 atom stereocenters. The van der Waals surface area contributed by atoms with Crippen molar-refractivity contribution in [1.82, 2.24) is 0 Å². The van der Waals surface area contributed by atoms with E-state index in [9.17, 15) is 30.8 Å². The Balaban J connectivity index is 3.52. The van der Waals surface area contributed by atoms with Crippen LogP contribution in [0.5, 0.6) is 0 Å². The lowest BCUT2D eigenvalue weighted by molar-refractivity contribution is -0.153. The number of sulfone groups is 1. The van der Waals surface area contributed by atoms with Gasteiger partial charge in [0.25, 0.3) is 9.84 Å². The molecule has 0 unspecified atom stereocenters. The zero-order valence-electron chi connectivity index (χ0n) is 7.82. The first-order valence-corrected chi connectivity index (χ1v) is 5.40. The van der Waals surface area contributed by atoms with E-state index < -0.39 is 37.6 Å². The molecular formula is C8H4F4O4S. The van der Waals surface area contributed by atoms with Gasteiger partial charge >= 0.3 is 11.2 Å². The minimum Gasteiger partial charge on any atom is -0.476 e. The van der Waals surface area contributed by atoms with Crippen LogP contribution < -0.4 is 0 Å². The number of benzene rings is 1. The standard InChI is InChI=1S/C8H4F4O4S/c9-4-1-2-5(10)6(3-4)17(15,16)8(11,12)7(13)14/h1-3H,(H,13,14). The van der Waals surface area contributed by atoms with Crippen LogP contribution >= 0.6 is 0 Å². The van der Waals surface area contributed by atoms with Gasteiger partial charge in [0.05, 0.1) is 0 Å². The summed E-state index contributed by atoms with van der Waals surface area (Å²) in [4.78, 5) is 8.39. The Morgan fingerprint density at radius 3 is 2.24 bits per heavy atom. The fourth-order valence-corrected chi connectivity index (χ4v) is 2.03. The molecule has 0 saturated carbocycles. The number of alkyl halides is 2. The molecule has 4 nitrogen and oxygen atoms in total. The summed E-state index contributed by atoms with van der Waals surface area (Å²) in [7, 11) is -5.84. The van der Waals surface area contributed by atoms with Crippen molar-refractivity contribution >= 4 is 15.8 Å². The van der Waals surface area contributed by atoms with Gasteiger partial charge in [0.2, 0.25) is 0 Å². The summed E-state index contributed by atoms with van der Waals surface area (Å²) >= 11 is 0. The van der Waals surface area contributed by atoms with Crippen molar-refractivity contribution in [1.29, 1.82) is 0 Å². The summed E-state index contributed by atoms with van der Waals surface area (Å²) < 4.78 is 73.6. The Kier molecular flexibility index (Phi) is 3.15. The Morgan fingerprint density at radius 1 is 1.24 bits per heavy atom. The predicted molar refractivity (Wildman–Crippen MR) is 46.1 cm³/mol. The van der Waals surface area contributed by atoms with Crippen molar-refractivity contribution in [3.05, 3.63) is 29.8 Å². The Bertz CT molecular complexity index is 567. The van der Waals surface area contributed by atoms with E-state index >= 15 is 0 Å². The molecular weight excluding hydrogens is 268 g/mol. The fraction of sp³-hybridized carbons (Fsp3) is 0.125. The lowest BCUT2D eigenvalue weighted by Gasteiger charge is -2.12. The van der Waals surface area contributed by atoms with Crippen LogP contribution in [0, 0.1) is 11.6 Å². The molecule has 0 aromatic heterocycles. The Morgan fingerprint density at radius 2 is 1.76 bits per heavy atom. The summed E-state index contributed by atoms with van der Waals surface area (Å²) in [6.07, 6.45) is 0. The first-order valence-electron chi connectivity index (χ1n) is 3.91. The molecule has 1 N–H and O–H groups in total. The molecule has 0 fully saturated rings. The highest BCUT2D eigenvalue weighted by Crippen LogP contribution is 2.31. The number of carbonyl (C=O) groups is 1. The van der Waals surface area contributed by atoms with E-state index in [1.807, 2.05) is 0 Å². The Labute approximate surface area is 92.4 Å². The maximum Gasteiger partial charge on any atom is 0.444 e. The maximum absolute atomic E-state index is 13.0. The SMILES string of the molecule is O=C(O)C(F)(F)S(=O)(=O)c1cc(F)ccc1F. The van der Waals surface area contributed by atoms with Gasteiger partial charge in [-0.2, -0.15) is 8.78 Å². The molecule has 1 aromatic rings. The zero-order chi connectivity index (χ0) is 13.4. The summed E-state index contributed by atoms with van der Waals surface area (Å²) in [6.45, 7) is 0. The largest absolute Gasteiger partial charge is 0.476 e. The topological polar surface area (TPSA) is 71.4 Å². The van der Waals surface area contributed by atoms with E-state index in [1.54, 1.807) is 0 Å². The van der Waals surface area contributed by atoms with Gasteiger partial charge in [-0.3, -0.25) is 0 Å². The van der Waals surface area contributed by atoms with E-state index in [1.165, 1.54) is 0 Å². The molecule has 0 amide bonds. The van der Waals surface area contributed by atoms with Gasteiger partial charge in [-0.05, 0) is 18.2 Å². The minimum atomic E-state index is -5.84. The van der Waals surface area contributed by atoms with Crippen LogP contribution in [0.15, 0.2) is 23.1 Å². The molecule has 0 radical (unpaired) electrons. The number of hydrogen-bond donors (Lipinski definition) is 1. The van der Waals surface area contributed by atoms with Crippen molar-refractivity contribution in [2.75, 3.05) is 0 Å². The Hall–Kier alpha value is -1.64. The van der Waals surface area contributed by atoms with Crippen molar-refractivity contribution < 1.29 is 35.9 Å². The third kappa shape index (κ3) is 2.09. The molecule has 0 aliphatic heterocycles. The van der Waals surface area contributed by atoms with Gasteiger partial charge in [-0.1, -0.05) is 0 Å². The normalized spacial score (nSPS) is 12.5.